The summed E-state index contributed by atoms with van der Waals surface area (Å²) in [6.07, 6.45) is 0.00625. The van der Waals surface area contributed by atoms with E-state index in [1.54, 1.807) is 16.8 Å². The quantitative estimate of drug-likeness (QED) is 0.381. The van der Waals surface area contributed by atoms with Crippen LogP contribution in [0.15, 0.2) is 54.6 Å². The Morgan fingerprint density at radius 3 is 2.41 bits per heavy atom. The number of para-hydroxylation sites is 1. The van der Waals surface area contributed by atoms with Gasteiger partial charge in [0.05, 0.1) is 16.9 Å². The molecule has 0 radical (unpaired) electrons. The van der Waals surface area contributed by atoms with Crippen LogP contribution >= 0.6 is 0 Å². The Balaban J connectivity index is 2.04. The molecule has 1 amide bonds. The minimum Gasteiger partial charge on any atom is -0.364 e. The van der Waals surface area contributed by atoms with E-state index in [0.717, 1.165) is 5.56 Å². The van der Waals surface area contributed by atoms with Crippen molar-refractivity contribution in [1.82, 2.24) is 20.0 Å². The summed E-state index contributed by atoms with van der Waals surface area (Å²) < 4.78 is 24.8. The molecule has 0 aliphatic rings. The van der Waals surface area contributed by atoms with Crippen molar-refractivity contribution in [3.05, 3.63) is 77.2 Å². The summed E-state index contributed by atoms with van der Waals surface area (Å²) in [6.45, 7) is 3.71. The molecule has 5 N–H and O–H groups in total. The average Bonchev–Trinajstić information content (AvgIpc) is 3.35. The Morgan fingerprint density at radius 1 is 1.09 bits per heavy atom. The van der Waals surface area contributed by atoms with Crippen LogP contribution in [-0.4, -0.2) is 39.3 Å². The first-order valence-corrected chi connectivity index (χ1v) is 10.9. The van der Waals surface area contributed by atoms with Crippen LogP contribution in [0.4, 0.5) is 0 Å². The van der Waals surface area contributed by atoms with Crippen LogP contribution in [0.3, 0.4) is 0 Å². The molecule has 1 unspecified atom stereocenters. The van der Waals surface area contributed by atoms with Gasteiger partial charge in [0.2, 0.25) is 10.3 Å². The first kappa shape index (κ1) is 21.5. The number of rotatable bonds is 6. The normalized spacial score (nSPS) is 13.1. The van der Waals surface area contributed by atoms with Gasteiger partial charge in [-0.1, -0.05) is 48.5 Å². The van der Waals surface area contributed by atoms with Crippen LogP contribution in [0.25, 0.3) is 16.6 Å². The predicted molar refractivity (Wildman–Crippen MR) is 122 cm³/mol. The van der Waals surface area contributed by atoms with Gasteiger partial charge < -0.3 is 5.73 Å². The molecule has 0 aliphatic heterocycles. The molecular weight excluding hydrogens is 428 g/mol. The molecule has 4 rings (SSSR count). The summed E-state index contributed by atoms with van der Waals surface area (Å²) in [5.41, 5.74) is 14.0. The number of nitrogens with one attached hydrogen (secondary N) is 1. The van der Waals surface area contributed by atoms with Gasteiger partial charge in [0.15, 0.2) is 5.69 Å². The van der Waals surface area contributed by atoms with Gasteiger partial charge in [-0.2, -0.15) is 18.6 Å². The highest BCUT2D eigenvalue weighted by Gasteiger charge is 2.37. The van der Waals surface area contributed by atoms with Gasteiger partial charge in [-0.05, 0) is 25.5 Å². The van der Waals surface area contributed by atoms with Gasteiger partial charge in [-0.25, -0.2) is 4.68 Å². The number of nitrogens with zero attached hydrogens (tertiary/aromatic N) is 3. The predicted octanol–water partition coefficient (Wildman–Crippen LogP) is 1.82. The fraction of sp³-hybridized carbons (Fsp3) is 0.182. The van der Waals surface area contributed by atoms with Crippen molar-refractivity contribution >= 4 is 32.1 Å². The number of amides is 1. The molecule has 1 atom stereocenters. The molecule has 0 bridgehead atoms. The number of aryl methyl sites for hydroxylation is 1. The van der Waals surface area contributed by atoms with Crippen LogP contribution < -0.4 is 11.5 Å². The van der Waals surface area contributed by atoms with Gasteiger partial charge in [0.1, 0.15) is 10.7 Å². The lowest BCUT2D eigenvalue weighted by Gasteiger charge is -2.29. The van der Waals surface area contributed by atoms with E-state index in [-0.39, 0.29) is 17.1 Å². The minimum atomic E-state index is -2.55. The molecule has 0 saturated carbocycles. The maximum Gasteiger partial charge on any atom is 0.269 e. The lowest BCUT2D eigenvalue weighted by molar-refractivity contribution is 0.0996. The van der Waals surface area contributed by atoms with Gasteiger partial charge in [-0.15, -0.1) is 0 Å². The fourth-order valence-electron chi connectivity index (χ4n) is 4.02. The first-order valence-electron chi connectivity index (χ1n) is 9.83. The molecule has 4 aromatic rings. The summed E-state index contributed by atoms with van der Waals surface area (Å²) >= 11 is 0. The van der Waals surface area contributed by atoms with E-state index in [1.165, 1.54) is 0 Å². The van der Waals surface area contributed by atoms with Crippen molar-refractivity contribution in [2.75, 3.05) is 0 Å². The standard InChI is InChI=1S/C22H22N6O3S/c1-13-19(28-16-11-7-6-10-15(16)18(27-28)21(24)29)20(26-25-13)22(2,12-17(23)32(30)31)14-8-4-3-5-9-14/h3-11H,12,23H2,1-2H3,(H2,24,29)(H,25,26). The Morgan fingerprint density at radius 2 is 1.75 bits per heavy atom. The van der Waals surface area contributed by atoms with Crippen LogP contribution in [0, 0.1) is 6.92 Å². The van der Waals surface area contributed by atoms with Crippen molar-refractivity contribution in [2.45, 2.75) is 25.7 Å². The smallest absolute Gasteiger partial charge is 0.269 e. The minimum absolute atomic E-state index is 0.00625. The van der Waals surface area contributed by atoms with Gasteiger partial charge >= 0.3 is 0 Å². The second-order valence-corrected chi connectivity index (χ2v) is 8.76. The second kappa shape index (κ2) is 8.06. The highest BCUT2D eigenvalue weighted by atomic mass is 32.2. The molecule has 0 fully saturated rings. The van der Waals surface area contributed by atoms with Crippen molar-refractivity contribution < 1.29 is 13.2 Å². The third kappa shape index (κ3) is 3.49. The Kier molecular flexibility index (Phi) is 5.41. The van der Waals surface area contributed by atoms with E-state index in [0.29, 0.717) is 28.0 Å². The van der Waals surface area contributed by atoms with E-state index in [1.807, 2.05) is 56.3 Å². The van der Waals surface area contributed by atoms with Gasteiger partial charge in [-0.3, -0.25) is 15.6 Å². The number of aromatic amines is 1. The molecule has 9 nitrogen and oxygen atoms in total. The average molecular weight is 451 g/mol. The monoisotopic (exact) mass is 450 g/mol. The number of hydrogen-bond donors (Lipinski definition) is 3. The Hall–Kier alpha value is -3.76. The zero-order valence-corrected chi connectivity index (χ0v) is 18.3. The number of fused-ring (bicyclic) bond motifs is 1. The first-order chi connectivity index (χ1) is 15.2. The molecule has 32 heavy (non-hydrogen) atoms. The zero-order valence-electron chi connectivity index (χ0n) is 17.5. The molecule has 164 valence electrons. The van der Waals surface area contributed by atoms with E-state index >= 15 is 0 Å². The topological polar surface area (TPSA) is 150 Å². The largest absolute Gasteiger partial charge is 0.364 e. The van der Waals surface area contributed by atoms with E-state index in [2.05, 4.69) is 15.3 Å². The number of carbonyl (C=O) groups excluding carboxylic acids is 1. The van der Waals surface area contributed by atoms with Crippen molar-refractivity contribution in [3.63, 3.8) is 0 Å². The highest BCUT2D eigenvalue weighted by Crippen LogP contribution is 2.39. The number of nitrogens with two attached hydrogens (primary N) is 2. The summed E-state index contributed by atoms with van der Waals surface area (Å²) in [5, 5.41) is 12.6. The number of hydrogen-bond acceptors (Lipinski definition) is 5. The Bertz CT molecular complexity index is 1460. The summed E-state index contributed by atoms with van der Waals surface area (Å²) in [7, 11) is -2.55. The molecule has 2 aromatic heterocycles. The van der Waals surface area contributed by atoms with Crippen LogP contribution in [0.1, 0.15) is 40.8 Å². The maximum absolute atomic E-state index is 12.0. The molecular formula is C22H22N6O3S. The van der Waals surface area contributed by atoms with Crippen LogP contribution in [-0.2, 0) is 15.7 Å². The van der Waals surface area contributed by atoms with Crippen molar-refractivity contribution in [2.24, 2.45) is 11.5 Å². The van der Waals surface area contributed by atoms with Crippen LogP contribution in [0.5, 0.6) is 0 Å². The Labute approximate surface area is 185 Å². The molecule has 10 heteroatoms. The second-order valence-electron chi connectivity index (χ2n) is 7.76. The number of benzene rings is 2. The molecule has 0 saturated heterocycles. The molecule has 0 spiro atoms. The SMILES string of the molecule is Cc1[nH]nc(C(C)(CC(N)=S(=O)=O)c2ccccc2)c1-n1nc(C(N)=O)c2ccccc21. The van der Waals surface area contributed by atoms with Crippen molar-refractivity contribution in [1.29, 1.82) is 0 Å². The van der Waals surface area contributed by atoms with E-state index in [9.17, 15) is 13.2 Å². The third-order valence-electron chi connectivity index (χ3n) is 5.62. The van der Waals surface area contributed by atoms with Gasteiger partial charge in [0.25, 0.3) is 5.91 Å². The molecule has 2 heterocycles. The molecule has 2 aromatic carbocycles. The number of carbonyl (C=O) groups is 1. The number of aromatic nitrogens is 4. The third-order valence-corrected chi connectivity index (χ3v) is 6.20. The van der Waals surface area contributed by atoms with E-state index in [4.69, 9.17) is 11.5 Å². The van der Waals surface area contributed by atoms with Gasteiger partial charge in [0, 0.05) is 17.2 Å². The maximum atomic E-state index is 12.0. The fourth-order valence-corrected chi connectivity index (χ4v) is 4.43. The summed E-state index contributed by atoms with van der Waals surface area (Å²) in [5.74, 6) is -0.646. The summed E-state index contributed by atoms with van der Waals surface area (Å²) in [6, 6.07) is 16.6. The number of H-pyrrole nitrogens is 1. The lowest BCUT2D eigenvalue weighted by Crippen LogP contribution is -2.32. The lowest BCUT2D eigenvalue weighted by atomic mass is 9.76. The number of primary amides is 1. The summed E-state index contributed by atoms with van der Waals surface area (Å²) in [4.78, 5) is 11.9. The van der Waals surface area contributed by atoms with Crippen LogP contribution in [0.2, 0.25) is 0 Å². The van der Waals surface area contributed by atoms with E-state index < -0.39 is 21.6 Å². The molecule has 0 aliphatic carbocycles. The van der Waals surface area contributed by atoms with Crippen molar-refractivity contribution in [3.8, 4) is 5.69 Å². The zero-order chi connectivity index (χ0) is 23.0. The highest BCUT2D eigenvalue weighted by molar-refractivity contribution is 7.72.